The van der Waals surface area contributed by atoms with E-state index in [2.05, 4.69) is 35.2 Å². The predicted octanol–water partition coefficient (Wildman–Crippen LogP) is 2.74. The van der Waals surface area contributed by atoms with Crippen molar-refractivity contribution in [3.05, 3.63) is 35.9 Å². The molecule has 1 amide bonds. The fourth-order valence-corrected chi connectivity index (χ4v) is 3.85. The second kappa shape index (κ2) is 6.61. The van der Waals surface area contributed by atoms with Crippen molar-refractivity contribution in [2.75, 3.05) is 6.54 Å². The van der Waals surface area contributed by atoms with Crippen molar-refractivity contribution in [3.8, 4) is 0 Å². The van der Waals surface area contributed by atoms with Gasteiger partial charge in [0.2, 0.25) is 5.91 Å². The third-order valence-corrected chi connectivity index (χ3v) is 5.22. The number of rotatable bonds is 4. The van der Waals surface area contributed by atoms with Gasteiger partial charge in [-0.2, -0.15) is 0 Å². The fraction of sp³-hybridized carbons (Fsp3) is 0.611. The number of hydrogen-bond donors (Lipinski definition) is 1. The molecular formula is C18H26N2O. The Balaban J connectivity index is 1.44. The third-order valence-electron chi connectivity index (χ3n) is 5.22. The largest absolute Gasteiger partial charge is 0.338 e. The molecule has 0 spiro atoms. The Hall–Kier alpha value is -1.35. The van der Waals surface area contributed by atoms with Crippen LogP contribution in [0.1, 0.15) is 44.1 Å². The molecule has 0 bridgehead atoms. The standard InChI is InChI=1S/C18H26N2O/c19-17-12-13-20(18(17)21)16-10-8-15(9-11-16)7-6-14-4-2-1-3-5-14/h1-5,15-17H,6-13,19H2. The first-order chi connectivity index (χ1) is 10.2. The highest BCUT2D eigenvalue weighted by atomic mass is 16.2. The summed E-state index contributed by atoms with van der Waals surface area (Å²) < 4.78 is 0. The minimum atomic E-state index is -0.235. The lowest BCUT2D eigenvalue weighted by Gasteiger charge is -2.34. The van der Waals surface area contributed by atoms with Crippen LogP contribution in [0, 0.1) is 5.92 Å². The van der Waals surface area contributed by atoms with E-state index < -0.39 is 0 Å². The van der Waals surface area contributed by atoms with Gasteiger partial charge in [-0.25, -0.2) is 0 Å². The smallest absolute Gasteiger partial charge is 0.239 e. The summed E-state index contributed by atoms with van der Waals surface area (Å²) in [6.45, 7) is 0.874. The Labute approximate surface area is 127 Å². The summed E-state index contributed by atoms with van der Waals surface area (Å²) in [6, 6.07) is 11.0. The summed E-state index contributed by atoms with van der Waals surface area (Å²) in [5.74, 6) is 1.01. The average molecular weight is 286 g/mol. The van der Waals surface area contributed by atoms with Gasteiger partial charge in [0.25, 0.3) is 0 Å². The highest BCUT2D eigenvalue weighted by Gasteiger charge is 2.35. The lowest BCUT2D eigenvalue weighted by atomic mass is 9.82. The summed E-state index contributed by atoms with van der Waals surface area (Å²) in [5, 5.41) is 0. The van der Waals surface area contributed by atoms with E-state index in [9.17, 15) is 4.79 Å². The number of carbonyl (C=O) groups excluding carboxylic acids is 1. The van der Waals surface area contributed by atoms with Gasteiger partial charge in [0.1, 0.15) is 0 Å². The second-order valence-corrected chi connectivity index (χ2v) is 6.63. The molecule has 1 aliphatic carbocycles. The summed E-state index contributed by atoms with van der Waals surface area (Å²) >= 11 is 0. The molecule has 114 valence electrons. The van der Waals surface area contributed by atoms with Crippen molar-refractivity contribution in [3.63, 3.8) is 0 Å². The molecule has 1 atom stereocenters. The first-order valence-corrected chi connectivity index (χ1v) is 8.34. The highest BCUT2D eigenvalue weighted by Crippen LogP contribution is 2.32. The molecule has 1 saturated carbocycles. The molecule has 1 unspecified atom stereocenters. The molecule has 3 rings (SSSR count). The highest BCUT2D eigenvalue weighted by molar-refractivity contribution is 5.84. The van der Waals surface area contributed by atoms with E-state index in [1.165, 1.54) is 31.2 Å². The molecule has 3 nitrogen and oxygen atoms in total. The maximum absolute atomic E-state index is 12.0. The number of hydrogen-bond acceptors (Lipinski definition) is 2. The van der Waals surface area contributed by atoms with Crippen molar-refractivity contribution >= 4 is 5.91 Å². The zero-order chi connectivity index (χ0) is 14.7. The maximum atomic E-state index is 12.0. The molecule has 0 aromatic heterocycles. The first kappa shape index (κ1) is 14.6. The minimum absolute atomic E-state index is 0.183. The second-order valence-electron chi connectivity index (χ2n) is 6.63. The third kappa shape index (κ3) is 3.46. The Bertz CT molecular complexity index is 465. The van der Waals surface area contributed by atoms with Crippen LogP contribution in [0.15, 0.2) is 30.3 Å². The molecule has 2 fully saturated rings. The summed E-state index contributed by atoms with van der Waals surface area (Å²) in [5.41, 5.74) is 7.27. The Morgan fingerprint density at radius 3 is 2.38 bits per heavy atom. The van der Waals surface area contributed by atoms with Gasteiger partial charge in [-0.3, -0.25) is 4.79 Å². The van der Waals surface area contributed by atoms with Crippen LogP contribution in [0.4, 0.5) is 0 Å². The van der Waals surface area contributed by atoms with Crippen LogP contribution in [0.3, 0.4) is 0 Å². The van der Waals surface area contributed by atoms with Crippen LogP contribution in [-0.2, 0) is 11.2 Å². The van der Waals surface area contributed by atoms with Crippen LogP contribution < -0.4 is 5.73 Å². The lowest BCUT2D eigenvalue weighted by molar-refractivity contribution is -0.131. The van der Waals surface area contributed by atoms with Crippen molar-refractivity contribution in [2.24, 2.45) is 11.7 Å². The summed E-state index contributed by atoms with van der Waals surface area (Å²) in [4.78, 5) is 14.1. The van der Waals surface area contributed by atoms with Crippen LogP contribution >= 0.6 is 0 Å². The number of carbonyl (C=O) groups is 1. The van der Waals surface area contributed by atoms with E-state index in [-0.39, 0.29) is 11.9 Å². The van der Waals surface area contributed by atoms with Crippen molar-refractivity contribution in [1.82, 2.24) is 4.90 Å². The van der Waals surface area contributed by atoms with Gasteiger partial charge in [0.15, 0.2) is 0 Å². The fourth-order valence-electron chi connectivity index (χ4n) is 3.85. The molecule has 1 aromatic rings. The van der Waals surface area contributed by atoms with E-state index in [4.69, 9.17) is 5.73 Å². The molecule has 2 aliphatic rings. The number of nitrogens with zero attached hydrogens (tertiary/aromatic N) is 1. The van der Waals surface area contributed by atoms with Gasteiger partial charge in [-0.15, -0.1) is 0 Å². The zero-order valence-corrected chi connectivity index (χ0v) is 12.7. The average Bonchev–Trinajstić information content (AvgIpc) is 2.87. The lowest BCUT2D eigenvalue weighted by Crippen LogP contribution is -2.42. The quantitative estimate of drug-likeness (QED) is 0.925. The van der Waals surface area contributed by atoms with E-state index in [0.717, 1.165) is 31.7 Å². The Morgan fingerprint density at radius 1 is 1.05 bits per heavy atom. The van der Waals surface area contributed by atoms with E-state index in [0.29, 0.717) is 6.04 Å². The molecule has 2 N–H and O–H groups in total. The summed E-state index contributed by atoms with van der Waals surface area (Å²) in [7, 11) is 0. The van der Waals surface area contributed by atoms with E-state index in [1.807, 2.05) is 0 Å². The molecule has 1 heterocycles. The first-order valence-electron chi connectivity index (χ1n) is 8.34. The van der Waals surface area contributed by atoms with Crippen molar-refractivity contribution < 1.29 is 4.79 Å². The topological polar surface area (TPSA) is 46.3 Å². The van der Waals surface area contributed by atoms with Gasteiger partial charge in [-0.05, 0) is 56.4 Å². The van der Waals surface area contributed by atoms with Crippen LogP contribution in [0.5, 0.6) is 0 Å². The van der Waals surface area contributed by atoms with Crippen LogP contribution in [0.25, 0.3) is 0 Å². The number of likely N-dealkylation sites (tertiary alicyclic amines) is 1. The zero-order valence-electron chi connectivity index (χ0n) is 12.7. The van der Waals surface area contributed by atoms with Crippen molar-refractivity contribution in [2.45, 2.75) is 57.0 Å². The maximum Gasteiger partial charge on any atom is 0.239 e. The van der Waals surface area contributed by atoms with E-state index >= 15 is 0 Å². The molecule has 1 aromatic carbocycles. The SMILES string of the molecule is NC1CCN(C2CCC(CCc3ccccc3)CC2)C1=O. The van der Waals surface area contributed by atoms with Gasteiger partial charge < -0.3 is 10.6 Å². The van der Waals surface area contributed by atoms with E-state index in [1.54, 1.807) is 0 Å². The Kier molecular flexibility index (Phi) is 4.59. The monoisotopic (exact) mass is 286 g/mol. The number of amides is 1. The van der Waals surface area contributed by atoms with Crippen molar-refractivity contribution in [1.29, 1.82) is 0 Å². The molecule has 1 saturated heterocycles. The molecule has 1 aliphatic heterocycles. The van der Waals surface area contributed by atoms with Crippen LogP contribution in [0.2, 0.25) is 0 Å². The molecule has 3 heteroatoms. The number of aryl methyl sites for hydroxylation is 1. The van der Waals surface area contributed by atoms with Crippen LogP contribution in [-0.4, -0.2) is 29.4 Å². The molecule has 0 radical (unpaired) electrons. The van der Waals surface area contributed by atoms with Gasteiger partial charge in [0.05, 0.1) is 6.04 Å². The molecular weight excluding hydrogens is 260 g/mol. The van der Waals surface area contributed by atoms with Gasteiger partial charge in [-0.1, -0.05) is 30.3 Å². The van der Waals surface area contributed by atoms with Gasteiger partial charge in [0, 0.05) is 12.6 Å². The molecule has 21 heavy (non-hydrogen) atoms. The summed E-state index contributed by atoms with van der Waals surface area (Å²) in [6.07, 6.45) is 8.16. The predicted molar refractivity (Wildman–Crippen MR) is 84.8 cm³/mol. The normalized spacial score (nSPS) is 29.9. The Morgan fingerprint density at radius 2 is 1.76 bits per heavy atom. The minimum Gasteiger partial charge on any atom is -0.338 e. The number of nitrogens with two attached hydrogens (primary N) is 1. The number of benzene rings is 1. The van der Waals surface area contributed by atoms with Gasteiger partial charge >= 0.3 is 0 Å².